The summed E-state index contributed by atoms with van der Waals surface area (Å²) in [5.41, 5.74) is 0.846. The van der Waals surface area contributed by atoms with Crippen LogP contribution in [-0.4, -0.2) is 5.78 Å². The van der Waals surface area contributed by atoms with Gasteiger partial charge in [-0.1, -0.05) is 42.5 Å². The molecule has 86 valence electrons. The van der Waals surface area contributed by atoms with Gasteiger partial charge in [0, 0.05) is 22.9 Å². The Balaban J connectivity index is 1.96. The van der Waals surface area contributed by atoms with Gasteiger partial charge in [0.1, 0.15) is 5.78 Å². The Kier molecular flexibility index (Phi) is 3.88. The summed E-state index contributed by atoms with van der Waals surface area (Å²) in [5.74, 6) is 0.888. The summed E-state index contributed by atoms with van der Waals surface area (Å²) in [6, 6.07) is 5.27. The van der Waals surface area contributed by atoms with Gasteiger partial charge in [0.05, 0.1) is 0 Å². The third-order valence-corrected chi connectivity index (χ3v) is 3.74. The Bertz CT molecular complexity index is 397. The number of carbonyl (C=O) groups is 1. The summed E-state index contributed by atoms with van der Waals surface area (Å²) in [5, 5.41) is 1.27. The zero-order valence-electron chi connectivity index (χ0n) is 9.01. The molecule has 2 rings (SSSR count). The average molecular weight is 257 g/mol. The second kappa shape index (κ2) is 5.20. The molecule has 1 aromatic rings. The van der Waals surface area contributed by atoms with E-state index in [9.17, 15) is 4.79 Å². The third-order valence-electron chi connectivity index (χ3n) is 3.14. The summed E-state index contributed by atoms with van der Waals surface area (Å²) in [6.45, 7) is 0. The van der Waals surface area contributed by atoms with Gasteiger partial charge in [0.25, 0.3) is 0 Å². The summed E-state index contributed by atoms with van der Waals surface area (Å²) >= 11 is 11.9. The van der Waals surface area contributed by atoms with E-state index in [2.05, 4.69) is 0 Å². The molecule has 0 saturated heterocycles. The highest BCUT2D eigenvalue weighted by Crippen LogP contribution is 2.30. The summed E-state index contributed by atoms with van der Waals surface area (Å²) in [6.07, 6.45) is 4.79. The standard InChI is InChI=1S/C13H14Cl2O/c14-11-4-5-13(15)10(7-11)8-12(16)6-9-2-1-3-9/h4-5,7,9H,1-3,6,8H2. The van der Waals surface area contributed by atoms with E-state index in [1.54, 1.807) is 18.2 Å². The minimum absolute atomic E-state index is 0.272. The monoisotopic (exact) mass is 256 g/mol. The predicted octanol–water partition coefficient (Wildman–Crippen LogP) is 4.30. The van der Waals surface area contributed by atoms with Crippen molar-refractivity contribution in [2.45, 2.75) is 32.1 Å². The lowest BCUT2D eigenvalue weighted by Crippen LogP contribution is -2.17. The van der Waals surface area contributed by atoms with Crippen molar-refractivity contribution in [3.8, 4) is 0 Å². The van der Waals surface area contributed by atoms with Gasteiger partial charge in [-0.05, 0) is 29.7 Å². The van der Waals surface area contributed by atoms with E-state index in [-0.39, 0.29) is 5.78 Å². The molecule has 1 nitrogen and oxygen atoms in total. The SMILES string of the molecule is O=C(Cc1cc(Cl)ccc1Cl)CC1CCC1. The number of carbonyl (C=O) groups excluding carboxylic acids is 1. The van der Waals surface area contributed by atoms with Crippen LogP contribution >= 0.6 is 23.2 Å². The molecule has 0 aliphatic heterocycles. The van der Waals surface area contributed by atoms with Crippen LogP contribution in [0.25, 0.3) is 0 Å². The Morgan fingerprint density at radius 2 is 2.06 bits per heavy atom. The molecule has 0 bridgehead atoms. The average Bonchev–Trinajstić information content (AvgIpc) is 2.18. The number of benzene rings is 1. The fourth-order valence-corrected chi connectivity index (χ4v) is 2.36. The summed E-state index contributed by atoms with van der Waals surface area (Å²) in [4.78, 5) is 11.8. The molecule has 0 aromatic heterocycles. The van der Waals surface area contributed by atoms with Crippen molar-refractivity contribution in [3.05, 3.63) is 33.8 Å². The fraction of sp³-hybridized carbons (Fsp3) is 0.462. The van der Waals surface area contributed by atoms with E-state index in [4.69, 9.17) is 23.2 Å². The topological polar surface area (TPSA) is 17.1 Å². The van der Waals surface area contributed by atoms with Crippen LogP contribution in [0.2, 0.25) is 10.0 Å². The lowest BCUT2D eigenvalue weighted by molar-refractivity contribution is -0.119. The molecule has 0 amide bonds. The van der Waals surface area contributed by atoms with Crippen LogP contribution in [0, 0.1) is 5.92 Å². The van der Waals surface area contributed by atoms with E-state index in [0.717, 1.165) is 5.56 Å². The van der Waals surface area contributed by atoms with E-state index in [1.165, 1.54) is 19.3 Å². The molecule has 1 aliphatic carbocycles. The number of halogens is 2. The van der Waals surface area contributed by atoms with Gasteiger partial charge in [-0.25, -0.2) is 0 Å². The summed E-state index contributed by atoms with van der Waals surface area (Å²) < 4.78 is 0. The third kappa shape index (κ3) is 2.99. The number of rotatable bonds is 4. The van der Waals surface area contributed by atoms with Crippen LogP contribution in [0.1, 0.15) is 31.2 Å². The van der Waals surface area contributed by atoms with Gasteiger partial charge < -0.3 is 0 Å². The summed E-state index contributed by atoms with van der Waals surface area (Å²) in [7, 11) is 0. The molecule has 0 atom stereocenters. The molecule has 0 unspecified atom stereocenters. The largest absolute Gasteiger partial charge is 0.299 e. The van der Waals surface area contributed by atoms with Gasteiger partial charge >= 0.3 is 0 Å². The molecule has 1 fully saturated rings. The maximum Gasteiger partial charge on any atom is 0.137 e. The second-order valence-electron chi connectivity index (χ2n) is 4.45. The zero-order chi connectivity index (χ0) is 11.5. The van der Waals surface area contributed by atoms with Gasteiger partial charge in [0.15, 0.2) is 0 Å². The molecule has 0 N–H and O–H groups in total. The zero-order valence-corrected chi connectivity index (χ0v) is 10.5. The van der Waals surface area contributed by atoms with Crippen molar-refractivity contribution in [1.82, 2.24) is 0 Å². The first kappa shape index (κ1) is 11.9. The molecule has 1 aromatic carbocycles. The van der Waals surface area contributed by atoms with Crippen molar-refractivity contribution in [2.75, 3.05) is 0 Å². The predicted molar refractivity (Wildman–Crippen MR) is 67.1 cm³/mol. The van der Waals surface area contributed by atoms with Crippen LogP contribution in [0.15, 0.2) is 18.2 Å². The highest BCUT2D eigenvalue weighted by atomic mass is 35.5. The Hall–Kier alpha value is -0.530. The van der Waals surface area contributed by atoms with E-state index in [1.807, 2.05) is 0 Å². The first-order valence-corrected chi connectivity index (χ1v) is 6.36. The first-order chi connectivity index (χ1) is 7.65. The molecular weight excluding hydrogens is 243 g/mol. The van der Waals surface area contributed by atoms with Gasteiger partial charge in [-0.2, -0.15) is 0 Å². The first-order valence-electron chi connectivity index (χ1n) is 5.61. The molecule has 0 heterocycles. The fourth-order valence-electron chi connectivity index (χ4n) is 1.98. The van der Waals surface area contributed by atoms with Gasteiger partial charge in [-0.3, -0.25) is 4.79 Å². The molecule has 16 heavy (non-hydrogen) atoms. The lowest BCUT2D eigenvalue weighted by Gasteiger charge is -2.24. The van der Waals surface area contributed by atoms with Crippen LogP contribution in [0.5, 0.6) is 0 Å². The molecule has 1 saturated carbocycles. The van der Waals surface area contributed by atoms with E-state index >= 15 is 0 Å². The quantitative estimate of drug-likeness (QED) is 0.786. The van der Waals surface area contributed by atoms with Gasteiger partial charge in [-0.15, -0.1) is 0 Å². The number of ketones is 1. The smallest absolute Gasteiger partial charge is 0.137 e. The number of Topliss-reactive ketones (excluding diaryl/α,β-unsaturated/α-hetero) is 1. The molecular formula is C13H14Cl2O. The maximum atomic E-state index is 11.8. The van der Waals surface area contributed by atoms with Crippen LogP contribution < -0.4 is 0 Å². The Morgan fingerprint density at radius 1 is 1.31 bits per heavy atom. The minimum atomic E-state index is 0.272. The minimum Gasteiger partial charge on any atom is -0.299 e. The van der Waals surface area contributed by atoms with Crippen molar-refractivity contribution < 1.29 is 4.79 Å². The van der Waals surface area contributed by atoms with Crippen molar-refractivity contribution in [3.63, 3.8) is 0 Å². The molecule has 1 aliphatic rings. The van der Waals surface area contributed by atoms with E-state index in [0.29, 0.717) is 28.8 Å². The van der Waals surface area contributed by atoms with Crippen LogP contribution in [-0.2, 0) is 11.2 Å². The van der Waals surface area contributed by atoms with Crippen LogP contribution in [0.4, 0.5) is 0 Å². The molecule has 3 heteroatoms. The normalized spacial score (nSPS) is 15.9. The van der Waals surface area contributed by atoms with E-state index < -0.39 is 0 Å². The number of hydrogen-bond acceptors (Lipinski definition) is 1. The highest BCUT2D eigenvalue weighted by molar-refractivity contribution is 6.33. The number of hydrogen-bond donors (Lipinski definition) is 0. The highest BCUT2D eigenvalue weighted by Gasteiger charge is 2.20. The lowest BCUT2D eigenvalue weighted by atomic mass is 9.81. The Morgan fingerprint density at radius 3 is 2.69 bits per heavy atom. The molecule has 0 spiro atoms. The van der Waals surface area contributed by atoms with Crippen LogP contribution in [0.3, 0.4) is 0 Å². The maximum absolute atomic E-state index is 11.8. The van der Waals surface area contributed by atoms with Gasteiger partial charge in [0.2, 0.25) is 0 Å². The molecule has 0 radical (unpaired) electrons. The van der Waals surface area contributed by atoms with Crippen molar-refractivity contribution >= 4 is 29.0 Å². The second-order valence-corrected chi connectivity index (χ2v) is 5.30. The van der Waals surface area contributed by atoms with Crippen molar-refractivity contribution in [2.24, 2.45) is 5.92 Å². The Labute approximate surface area is 106 Å². The van der Waals surface area contributed by atoms with Crippen molar-refractivity contribution in [1.29, 1.82) is 0 Å².